The number of aromatic nitrogens is 1. The van der Waals surface area contributed by atoms with Gasteiger partial charge in [-0.1, -0.05) is 26.0 Å². The molecule has 10 heteroatoms. The van der Waals surface area contributed by atoms with Crippen molar-refractivity contribution >= 4 is 40.8 Å². The van der Waals surface area contributed by atoms with Gasteiger partial charge in [-0.15, -0.1) is 11.3 Å². The summed E-state index contributed by atoms with van der Waals surface area (Å²) >= 11 is 1.29. The highest BCUT2D eigenvalue weighted by Crippen LogP contribution is 2.25. The topological polar surface area (TPSA) is 118 Å². The second kappa shape index (κ2) is 10.1. The Morgan fingerprint density at radius 3 is 2.61 bits per heavy atom. The monoisotopic (exact) mass is 472 g/mol. The minimum Gasteiger partial charge on any atom is -0.458 e. The third kappa shape index (κ3) is 5.57. The SMILES string of the molecule is CCC1(CC)NC(=O)N(CC(=O)OCc2csc(CC(=O)Nc3cc(C)ccc3C)n2)C1=O. The summed E-state index contributed by atoms with van der Waals surface area (Å²) in [4.78, 5) is 54.5. The van der Waals surface area contributed by atoms with Crippen molar-refractivity contribution in [2.24, 2.45) is 0 Å². The van der Waals surface area contributed by atoms with Crippen LogP contribution in [0.2, 0.25) is 0 Å². The second-order valence-corrected chi connectivity index (χ2v) is 8.99. The van der Waals surface area contributed by atoms with Gasteiger partial charge < -0.3 is 15.4 Å². The lowest BCUT2D eigenvalue weighted by atomic mass is 9.93. The van der Waals surface area contributed by atoms with Gasteiger partial charge in [-0.25, -0.2) is 9.78 Å². The van der Waals surface area contributed by atoms with E-state index in [0.717, 1.165) is 21.7 Å². The molecule has 0 unspecified atom stereocenters. The minimum absolute atomic E-state index is 0.102. The highest BCUT2D eigenvalue weighted by atomic mass is 32.1. The van der Waals surface area contributed by atoms with E-state index in [-0.39, 0.29) is 18.9 Å². The summed E-state index contributed by atoms with van der Waals surface area (Å²) in [5.74, 6) is -1.31. The molecule has 0 aliphatic carbocycles. The highest BCUT2D eigenvalue weighted by Gasteiger charge is 2.49. The van der Waals surface area contributed by atoms with Gasteiger partial charge in [0.1, 0.15) is 23.7 Å². The molecule has 0 bridgehead atoms. The summed E-state index contributed by atoms with van der Waals surface area (Å²) in [6, 6.07) is 5.25. The van der Waals surface area contributed by atoms with Crippen LogP contribution < -0.4 is 10.6 Å². The molecule has 1 aromatic heterocycles. The van der Waals surface area contributed by atoms with Crippen molar-refractivity contribution in [2.75, 3.05) is 11.9 Å². The van der Waals surface area contributed by atoms with Gasteiger partial charge in [0.2, 0.25) is 5.91 Å². The highest BCUT2D eigenvalue weighted by molar-refractivity contribution is 7.09. The number of carbonyl (C=O) groups excluding carboxylic acids is 4. The van der Waals surface area contributed by atoms with E-state index in [1.165, 1.54) is 11.3 Å². The fourth-order valence-electron chi connectivity index (χ4n) is 3.58. The summed E-state index contributed by atoms with van der Waals surface area (Å²) in [7, 11) is 0. The number of rotatable bonds is 9. The molecule has 2 aromatic rings. The van der Waals surface area contributed by atoms with Crippen molar-refractivity contribution in [2.45, 2.75) is 59.1 Å². The Kier molecular flexibility index (Phi) is 7.47. The van der Waals surface area contributed by atoms with Crippen LogP contribution in [0.15, 0.2) is 23.6 Å². The van der Waals surface area contributed by atoms with Crippen molar-refractivity contribution in [3.05, 3.63) is 45.4 Å². The van der Waals surface area contributed by atoms with Crippen LogP contribution in [-0.4, -0.2) is 45.8 Å². The second-order valence-electron chi connectivity index (χ2n) is 8.05. The predicted molar refractivity (Wildman–Crippen MR) is 124 cm³/mol. The standard InChI is InChI=1S/C23H28N4O5S/c1-5-23(6-2)21(30)27(22(31)26-23)11-20(29)32-12-16-13-33-19(24-16)10-18(28)25-17-9-14(3)7-8-15(17)4/h7-9,13H,5-6,10-12H2,1-4H3,(H,25,28)(H,26,31). The van der Waals surface area contributed by atoms with E-state index in [1.54, 1.807) is 5.38 Å². The van der Waals surface area contributed by atoms with Gasteiger partial charge in [-0.2, -0.15) is 0 Å². The van der Waals surface area contributed by atoms with E-state index in [9.17, 15) is 19.2 Å². The van der Waals surface area contributed by atoms with E-state index in [0.29, 0.717) is 23.5 Å². The van der Waals surface area contributed by atoms with Crippen LogP contribution in [0.4, 0.5) is 10.5 Å². The summed E-state index contributed by atoms with van der Waals surface area (Å²) in [6.07, 6.45) is 0.987. The lowest BCUT2D eigenvalue weighted by molar-refractivity contribution is -0.149. The number of nitrogens with one attached hydrogen (secondary N) is 2. The lowest BCUT2D eigenvalue weighted by Gasteiger charge is -2.22. The summed E-state index contributed by atoms with van der Waals surface area (Å²) < 4.78 is 5.20. The Morgan fingerprint density at radius 2 is 1.94 bits per heavy atom. The summed E-state index contributed by atoms with van der Waals surface area (Å²) in [5, 5.41) is 7.86. The quantitative estimate of drug-likeness (QED) is 0.428. The zero-order valence-corrected chi connectivity index (χ0v) is 20.0. The number of hydrogen-bond donors (Lipinski definition) is 2. The van der Waals surface area contributed by atoms with E-state index in [1.807, 2.05) is 45.9 Å². The number of thiazole rings is 1. The molecule has 1 aromatic carbocycles. The Hall–Kier alpha value is -3.27. The Bertz CT molecular complexity index is 1080. The molecule has 2 N–H and O–H groups in total. The molecular weight excluding hydrogens is 444 g/mol. The number of anilines is 1. The largest absolute Gasteiger partial charge is 0.458 e. The van der Waals surface area contributed by atoms with Gasteiger partial charge in [-0.3, -0.25) is 19.3 Å². The van der Waals surface area contributed by atoms with Gasteiger partial charge in [0.25, 0.3) is 5.91 Å². The maximum atomic E-state index is 12.6. The molecule has 0 saturated carbocycles. The molecule has 2 heterocycles. The molecule has 0 atom stereocenters. The lowest BCUT2D eigenvalue weighted by Crippen LogP contribution is -2.46. The molecule has 3 rings (SSSR count). The smallest absolute Gasteiger partial charge is 0.326 e. The first-order valence-electron chi connectivity index (χ1n) is 10.8. The van der Waals surface area contributed by atoms with Crippen LogP contribution >= 0.6 is 11.3 Å². The van der Waals surface area contributed by atoms with Gasteiger partial charge >= 0.3 is 12.0 Å². The molecule has 9 nitrogen and oxygen atoms in total. The zero-order valence-electron chi connectivity index (χ0n) is 19.2. The summed E-state index contributed by atoms with van der Waals surface area (Å²) in [6.45, 7) is 6.94. The average molecular weight is 473 g/mol. The van der Waals surface area contributed by atoms with Gasteiger partial charge in [0.15, 0.2) is 0 Å². The number of carbonyl (C=O) groups is 4. The average Bonchev–Trinajstić information content (AvgIpc) is 3.32. The molecule has 1 saturated heterocycles. The van der Waals surface area contributed by atoms with Crippen molar-refractivity contribution < 1.29 is 23.9 Å². The number of hydrogen-bond acceptors (Lipinski definition) is 7. The molecule has 1 fully saturated rings. The number of aryl methyl sites for hydroxylation is 2. The predicted octanol–water partition coefficient (Wildman–Crippen LogP) is 3.09. The van der Waals surface area contributed by atoms with Crippen molar-refractivity contribution in [3.63, 3.8) is 0 Å². The number of imide groups is 1. The van der Waals surface area contributed by atoms with Gasteiger partial charge in [-0.05, 0) is 43.9 Å². The van der Waals surface area contributed by atoms with Crippen molar-refractivity contribution in [1.82, 2.24) is 15.2 Å². The molecule has 176 valence electrons. The van der Waals surface area contributed by atoms with Crippen LogP contribution in [0, 0.1) is 13.8 Å². The molecule has 1 aliphatic heterocycles. The number of ether oxygens (including phenoxy) is 1. The van der Waals surface area contributed by atoms with Crippen LogP contribution in [0.5, 0.6) is 0 Å². The molecule has 1 aliphatic rings. The first-order valence-corrected chi connectivity index (χ1v) is 11.7. The Labute approximate surface area is 196 Å². The normalized spacial score (nSPS) is 14.8. The van der Waals surface area contributed by atoms with Crippen LogP contribution in [0.1, 0.15) is 48.5 Å². The summed E-state index contributed by atoms with van der Waals surface area (Å²) in [5.41, 5.74) is 2.33. The number of amides is 4. The maximum Gasteiger partial charge on any atom is 0.326 e. The third-order valence-corrected chi connectivity index (χ3v) is 6.60. The molecule has 4 amide bonds. The van der Waals surface area contributed by atoms with E-state index < -0.39 is 30.0 Å². The molecule has 0 spiro atoms. The number of urea groups is 1. The van der Waals surface area contributed by atoms with E-state index in [2.05, 4.69) is 15.6 Å². The number of esters is 1. The van der Waals surface area contributed by atoms with Crippen molar-refractivity contribution in [1.29, 1.82) is 0 Å². The first kappa shape index (κ1) is 24.4. The minimum atomic E-state index is -0.960. The maximum absolute atomic E-state index is 12.6. The van der Waals surface area contributed by atoms with Crippen molar-refractivity contribution in [3.8, 4) is 0 Å². The third-order valence-electron chi connectivity index (χ3n) is 5.70. The molecule has 33 heavy (non-hydrogen) atoms. The first-order chi connectivity index (χ1) is 15.7. The number of nitrogens with zero attached hydrogens (tertiary/aromatic N) is 2. The van der Waals surface area contributed by atoms with Crippen LogP contribution in [-0.2, 0) is 32.1 Å². The van der Waals surface area contributed by atoms with Gasteiger partial charge in [0.05, 0.1) is 12.1 Å². The fraction of sp³-hybridized carbons (Fsp3) is 0.435. The fourth-order valence-corrected chi connectivity index (χ4v) is 4.35. The Morgan fingerprint density at radius 1 is 1.21 bits per heavy atom. The molecule has 0 radical (unpaired) electrons. The van der Waals surface area contributed by atoms with E-state index in [4.69, 9.17) is 4.74 Å². The zero-order chi connectivity index (χ0) is 24.2. The molecular formula is C23H28N4O5S. The van der Waals surface area contributed by atoms with Crippen LogP contribution in [0.25, 0.3) is 0 Å². The Balaban J connectivity index is 1.50. The van der Waals surface area contributed by atoms with Crippen LogP contribution in [0.3, 0.4) is 0 Å². The number of benzene rings is 1. The van der Waals surface area contributed by atoms with Gasteiger partial charge in [0, 0.05) is 11.1 Å². The van der Waals surface area contributed by atoms with E-state index >= 15 is 0 Å².